The first-order valence-electron chi connectivity index (χ1n) is 9.04. The molecule has 1 heterocycles. The monoisotopic (exact) mass is 363 g/mol. The first-order chi connectivity index (χ1) is 13.0. The van der Waals surface area contributed by atoms with Gasteiger partial charge in [0.25, 0.3) is 5.91 Å². The molecule has 0 radical (unpaired) electrons. The van der Waals surface area contributed by atoms with E-state index in [2.05, 4.69) is 0 Å². The van der Waals surface area contributed by atoms with E-state index in [9.17, 15) is 14.7 Å². The molecule has 2 aromatic carbocycles. The molecule has 1 unspecified atom stereocenters. The molecule has 1 aliphatic rings. The van der Waals surface area contributed by atoms with Crippen molar-refractivity contribution in [2.45, 2.75) is 26.2 Å². The predicted molar refractivity (Wildman–Crippen MR) is 103 cm³/mol. The minimum Gasteiger partial charge on any atom is -0.497 e. The van der Waals surface area contributed by atoms with E-state index in [0.29, 0.717) is 30.6 Å². The van der Waals surface area contributed by atoms with Crippen molar-refractivity contribution in [1.82, 2.24) is 4.57 Å². The van der Waals surface area contributed by atoms with Gasteiger partial charge in [-0.3, -0.25) is 14.2 Å². The highest BCUT2D eigenvalue weighted by atomic mass is 16.5. The quantitative estimate of drug-likeness (QED) is 0.768. The number of carboxylic acids is 1. The standard InChI is InChI=1S/C22H21NO4/c1-13-3-5-14(6-4-13)21(24)23-19-9-7-15(22(25)26)11-17(19)18-12-16(27-2)8-10-20(18)23/h3-6,8,10,12,15H,7,9,11H2,1-2H3,(H,25,26). The van der Waals surface area contributed by atoms with Crippen LogP contribution in [0.25, 0.3) is 10.9 Å². The summed E-state index contributed by atoms with van der Waals surface area (Å²) < 4.78 is 7.10. The number of nitrogens with zero attached hydrogens (tertiary/aromatic N) is 1. The lowest BCUT2D eigenvalue weighted by Crippen LogP contribution is -2.24. The average molecular weight is 363 g/mol. The number of rotatable bonds is 3. The lowest BCUT2D eigenvalue weighted by atomic mass is 9.86. The Morgan fingerprint density at radius 2 is 1.89 bits per heavy atom. The number of aryl methyl sites for hydroxylation is 1. The SMILES string of the molecule is COc1ccc2c(c1)c1c(n2C(=O)c2ccc(C)cc2)CCC(C(=O)O)C1. The summed E-state index contributed by atoms with van der Waals surface area (Å²) in [4.78, 5) is 24.8. The highest BCUT2D eigenvalue weighted by Crippen LogP contribution is 2.36. The third kappa shape index (κ3) is 2.89. The molecule has 138 valence electrons. The van der Waals surface area contributed by atoms with Crippen LogP contribution in [0, 0.1) is 12.8 Å². The Kier molecular flexibility index (Phi) is 4.22. The highest BCUT2D eigenvalue weighted by molar-refractivity contribution is 6.04. The summed E-state index contributed by atoms with van der Waals surface area (Å²) in [6.07, 6.45) is 1.54. The number of aromatic nitrogens is 1. The van der Waals surface area contributed by atoms with Crippen LogP contribution in [0.2, 0.25) is 0 Å². The van der Waals surface area contributed by atoms with E-state index in [4.69, 9.17) is 4.74 Å². The Bertz CT molecular complexity index is 1050. The molecule has 0 saturated carbocycles. The highest BCUT2D eigenvalue weighted by Gasteiger charge is 2.31. The van der Waals surface area contributed by atoms with Gasteiger partial charge in [0.1, 0.15) is 5.75 Å². The van der Waals surface area contributed by atoms with Crippen molar-refractivity contribution in [2.75, 3.05) is 7.11 Å². The summed E-state index contributed by atoms with van der Waals surface area (Å²) in [6, 6.07) is 13.1. The Hall–Kier alpha value is -3.08. The van der Waals surface area contributed by atoms with E-state index in [1.54, 1.807) is 11.7 Å². The van der Waals surface area contributed by atoms with E-state index in [1.807, 2.05) is 49.4 Å². The molecule has 3 aromatic rings. The number of carbonyl (C=O) groups is 2. The number of carboxylic acid groups (broad SMARTS) is 1. The van der Waals surface area contributed by atoms with Gasteiger partial charge >= 0.3 is 5.97 Å². The molecule has 1 aromatic heterocycles. The summed E-state index contributed by atoms with van der Waals surface area (Å²) in [5.74, 6) is -0.589. The van der Waals surface area contributed by atoms with Crippen molar-refractivity contribution in [1.29, 1.82) is 0 Å². The average Bonchev–Trinajstić information content (AvgIpc) is 3.00. The van der Waals surface area contributed by atoms with Gasteiger partial charge in [-0.1, -0.05) is 17.7 Å². The maximum absolute atomic E-state index is 13.3. The summed E-state index contributed by atoms with van der Waals surface area (Å²) in [6.45, 7) is 1.99. The topological polar surface area (TPSA) is 68.5 Å². The normalized spacial score (nSPS) is 16.1. The Labute approximate surface area is 157 Å². The lowest BCUT2D eigenvalue weighted by molar-refractivity contribution is -0.142. The zero-order chi connectivity index (χ0) is 19.1. The van der Waals surface area contributed by atoms with Gasteiger partial charge in [0.05, 0.1) is 18.5 Å². The molecule has 0 fully saturated rings. The van der Waals surface area contributed by atoms with E-state index >= 15 is 0 Å². The first-order valence-corrected chi connectivity index (χ1v) is 9.04. The van der Waals surface area contributed by atoms with Gasteiger partial charge in [-0.05, 0) is 62.1 Å². The second kappa shape index (κ2) is 6.58. The third-order valence-electron chi connectivity index (χ3n) is 5.42. The van der Waals surface area contributed by atoms with Gasteiger partial charge in [-0.15, -0.1) is 0 Å². The first kappa shape index (κ1) is 17.3. The molecular formula is C22H21NO4. The van der Waals surface area contributed by atoms with Gasteiger partial charge in [-0.25, -0.2) is 0 Å². The zero-order valence-corrected chi connectivity index (χ0v) is 15.4. The lowest BCUT2D eigenvalue weighted by Gasteiger charge is -2.20. The largest absolute Gasteiger partial charge is 0.497 e. The molecule has 0 spiro atoms. The molecule has 4 rings (SSSR count). The molecule has 5 nitrogen and oxygen atoms in total. The van der Waals surface area contributed by atoms with Crippen molar-refractivity contribution in [3.63, 3.8) is 0 Å². The number of fused-ring (bicyclic) bond motifs is 3. The summed E-state index contributed by atoms with van der Waals surface area (Å²) in [7, 11) is 1.60. The molecule has 1 N–H and O–H groups in total. The van der Waals surface area contributed by atoms with E-state index in [1.165, 1.54) is 0 Å². The number of hydrogen-bond acceptors (Lipinski definition) is 3. The van der Waals surface area contributed by atoms with Crippen LogP contribution < -0.4 is 4.74 Å². The number of methoxy groups -OCH3 is 1. The molecule has 0 bridgehead atoms. The second-order valence-corrected chi connectivity index (χ2v) is 7.09. The van der Waals surface area contributed by atoms with Crippen molar-refractivity contribution >= 4 is 22.8 Å². The summed E-state index contributed by atoms with van der Waals surface area (Å²) in [5.41, 5.74) is 4.39. The Balaban J connectivity index is 1.91. The maximum atomic E-state index is 13.3. The van der Waals surface area contributed by atoms with Crippen LogP contribution in [-0.4, -0.2) is 28.7 Å². The number of hydrogen-bond donors (Lipinski definition) is 1. The van der Waals surface area contributed by atoms with Crippen LogP contribution in [0.15, 0.2) is 42.5 Å². The van der Waals surface area contributed by atoms with Crippen molar-refractivity contribution in [2.24, 2.45) is 5.92 Å². The number of ether oxygens (including phenoxy) is 1. The van der Waals surface area contributed by atoms with E-state index in [-0.39, 0.29) is 5.91 Å². The molecule has 1 aliphatic carbocycles. The van der Waals surface area contributed by atoms with Gasteiger partial charge < -0.3 is 9.84 Å². The smallest absolute Gasteiger partial charge is 0.306 e. The predicted octanol–water partition coefficient (Wildman–Crippen LogP) is 3.84. The number of benzene rings is 2. The molecule has 1 atom stereocenters. The van der Waals surface area contributed by atoms with Crippen molar-refractivity contribution < 1.29 is 19.4 Å². The maximum Gasteiger partial charge on any atom is 0.306 e. The molecule has 0 amide bonds. The zero-order valence-electron chi connectivity index (χ0n) is 15.4. The fraction of sp³-hybridized carbons (Fsp3) is 0.273. The van der Waals surface area contributed by atoms with Gasteiger partial charge in [-0.2, -0.15) is 0 Å². The van der Waals surface area contributed by atoms with Gasteiger partial charge in [0.2, 0.25) is 0 Å². The molecule has 0 aliphatic heterocycles. The van der Waals surface area contributed by atoms with Crippen LogP contribution in [0.5, 0.6) is 5.75 Å². The Morgan fingerprint density at radius 3 is 2.56 bits per heavy atom. The van der Waals surface area contributed by atoms with Gasteiger partial charge in [0, 0.05) is 16.6 Å². The van der Waals surface area contributed by atoms with E-state index in [0.717, 1.165) is 27.7 Å². The van der Waals surface area contributed by atoms with Crippen molar-refractivity contribution in [3.8, 4) is 5.75 Å². The fourth-order valence-electron chi connectivity index (χ4n) is 3.93. The minimum absolute atomic E-state index is 0.0832. The fourth-order valence-corrected chi connectivity index (χ4v) is 3.93. The molecule has 5 heteroatoms. The number of carbonyl (C=O) groups excluding carboxylic acids is 1. The van der Waals surface area contributed by atoms with Crippen LogP contribution in [0.4, 0.5) is 0 Å². The summed E-state index contributed by atoms with van der Waals surface area (Å²) >= 11 is 0. The minimum atomic E-state index is -0.783. The number of aliphatic carboxylic acids is 1. The van der Waals surface area contributed by atoms with Crippen LogP contribution in [0.1, 0.15) is 33.6 Å². The molecular weight excluding hydrogens is 342 g/mol. The molecule has 0 saturated heterocycles. The summed E-state index contributed by atoms with van der Waals surface area (Å²) in [5, 5.41) is 10.4. The van der Waals surface area contributed by atoms with Crippen LogP contribution >= 0.6 is 0 Å². The van der Waals surface area contributed by atoms with Crippen molar-refractivity contribution in [3.05, 3.63) is 64.8 Å². The van der Waals surface area contributed by atoms with Gasteiger partial charge in [0.15, 0.2) is 0 Å². The van der Waals surface area contributed by atoms with Crippen LogP contribution in [-0.2, 0) is 17.6 Å². The molecule has 27 heavy (non-hydrogen) atoms. The third-order valence-corrected chi connectivity index (χ3v) is 5.42. The van der Waals surface area contributed by atoms with E-state index < -0.39 is 11.9 Å². The van der Waals surface area contributed by atoms with Crippen LogP contribution in [0.3, 0.4) is 0 Å². The Morgan fingerprint density at radius 1 is 1.15 bits per heavy atom. The second-order valence-electron chi connectivity index (χ2n) is 7.09.